The predicted octanol–water partition coefficient (Wildman–Crippen LogP) is 2.69. The molecule has 0 bridgehead atoms. The number of nitrogens with zero attached hydrogens (tertiary/aromatic N) is 1. The Morgan fingerprint density at radius 1 is 1.21 bits per heavy atom. The van der Waals surface area contributed by atoms with Gasteiger partial charge >= 0.3 is 5.97 Å². The summed E-state index contributed by atoms with van der Waals surface area (Å²) in [7, 11) is 0. The highest BCUT2D eigenvalue weighted by Gasteiger charge is 2.51. The second kappa shape index (κ2) is 8.31. The Hall–Kier alpha value is -2.41. The summed E-state index contributed by atoms with van der Waals surface area (Å²) in [5.41, 5.74) is 1.36. The number of benzene rings is 1. The Kier molecular flexibility index (Phi) is 6.03. The Labute approximate surface area is 168 Å². The topological polar surface area (TPSA) is 92.8 Å². The number of anilines is 1. The summed E-state index contributed by atoms with van der Waals surface area (Å²) in [6, 6.07) is 4.00. The highest BCUT2D eigenvalue weighted by Crippen LogP contribution is 2.38. The first-order valence-corrected chi connectivity index (χ1v) is 9.77. The zero-order valence-corrected chi connectivity index (χ0v) is 16.6. The molecular weight excluding hydrogens is 384 g/mol. The quantitative estimate of drug-likeness (QED) is 0.599. The van der Waals surface area contributed by atoms with Gasteiger partial charge in [-0.05, 0) is 44.4 Å². The van der Waals surface area contributed by atoms with Crippen molar-refractivity contribution in [3.63, 3.8) is 0 Å². The number of hydrogen-bond donors (Lipinski definition) is 1. The van der Waals surface area contributed by atoms with Gasteiger partial charge in [0.2, 0.25) is 11.8 Å². The average molecular weight is 407 g/mol. The number of nitrogens with one attached hydrogen (secondary N) is 1. The van der Waals surface area contributed by atoms with Crippen LogP contribution in [-0.4, -0.2) is 41.2 Å². The molecule has 2 fully saturated rings. The molecular formula is C20H23ClN2O5. The summed E-state index contributed by atoms with van der Waals surface area (Å²) in [5.74, 6) is -2.58. The first-order chi connectivity index (χ1) is 13.3. The first-order valence-electron chi connectivity index (χ1n) is 9.39. The number of rotatable bonds is 5. The van der Waals surface area contributed by atoms with Crippen molar-refractivity contribution in [3.8, 4) is 0 Å². The molecule has 1 aliphatic heterocycles. The van der Waals surface area contributed by atoms with Crippen molar-refractivity contribution in [2.45, 2.75) is 45.6 Å². The number of ether oxygens (including phenoxy) is 1. The van der Waals surface area contributed by atoms with Gasteiger partial charge in [0.15, 0.2) is 6.61 Å². The lowest BCUT2D eigenvalue weighted by Gasteiger charge is -2.21. The third-order valence-corrected chi connectivity index (χ3v) is 5.81. The molecule has 1 saturated heterocycles. The van der Waals surface area contributed by atoms with E-state index in [1.165, 1.54) is 6.92 Å². The van der Waals surface area contributed by atoms with E-state index < -0.39 is 24.5 Å². The van der Waals surface area contributed by atoms with E-state index in [0.29, 0.717) is 23.6 Å². The lowest BCUT2D eigenvalue weighted by atomic mass is 9.81. The molecule has 8 heteroatoms. The van der Waals surface area contributed by atoms with E-state index in [0.717, 1.165) is 23.3 Å². The second-order valence-electron chi connectivity index (χ2n) is 7.34. The van der Waals surface area contributed by atoms with Crippen LogP contribution in [0.3, 0.4) is 0 Å². The number of esters is 1. The van der Waals surface area contributed by atoms with Gasteiger partial charge in [-0.1, -0.05) is 30.5 Å². The smallest absolute Gasteiger partial charge is 0.329 e. The number of aryl methyl sites for hydroxylation is 1. The number of carbonyl (C=O) groups excluding carboxylic acids is 4. The minimum atomic E-state index is -1.05. The van der Waals surface area contributed by atoms with Gasteiger partial charge in [0.1, 0.15) is 6.04 Å². The van der Waals surface area contributed by atoms with E-state index in [2.05, 4.69) is 5.32 Å². The highest BCUT2D eigenvalue weighted by atomic mass is 35.5. The summed E-state index contributed by atoms with van der Waals surface area (Å²) < 4.78 is 5.02. The Morgan fingerprint density at radius 2 is 1.82 bits per heavy atom. The van der Waals surface area contributed by atoms with Gasteiger partial charge in [-0.3, -0.25) is 19.3 Å². The molecule has 0 spiro atoms. The zero-order valence-electron chi connectivity index (χ0n) is 15.9. The Bertz CT molecular complexity index is 801. The number of amides is 3. The first kappa shape index (κ1) is 20.3. The maximum absolute atomic E-state index is 12.5. The van der Waals surface area contributed by atoms with Crippen molar-refractivity contribution < 1.29 is 23.9 Å². The van der Waals surface area contributed by atoms with Crippen molar-refractivity contribution in [2.24, 2.45) is 11.8 Å². The fourth-order valence-corrected chi connectivity index (χ4v) is 3.98. The predicted molar refractivity (Wildman–Crippen MR) is 103 cm³/mol. The number of fused-ring (bicyclic) bond motifs is 1. The van der Waals surface area contributed by atoms with Crippen LogP contribution in [0.15, 0.2) is 18.2 Å². The number of imide groups is 1. The van der Waals surface area contributed by atoms with Gasteiger partial charge in [0.05, 0.1) is 11.8 Å². The van der Waals surface area contributed by atoms with Gasteiger partial charge in [0, 0.05) is 10.7 Å². The summed E-state index contributed by atoms with van der Waals surface area (Å²) in [6.07, 6.45) is 3.18. The van der Waals surface area contributed by atoms with Gasteiger partial charge in [-0.25, -0.2) is 4.79 Å². The maximum atomic E-state index is 12.5. The monoisotopic (exact) mass is 406 g/mol. The van der Waals surface area contributed by atoms with Crippen LogP contribution >= 0.6 is 11.6 Å². The third-order valence-electron chi connectivity index (χ3n) is 5.40. The molecule has 1 aliphatic carbocycles. The van der Waals surface area contributed by atoms with Crippen LogP contribution in [-0.2, 0) is 23.9 Å². The molecule has 1 aromatic carbocycles. The van der Waals surface area contributed by atoms with E-state index in [-0.39, 0.29) is 23.7 Å². The molecule has 3 unspecified atom stereocenters. The minimum absolute atomic E-state index is 0.308. The molecule has 1 aromatic rings. The number of halogens is 1. The molecule has 3 amide bonds. The molecule has 1 N–H and O–H groups in total. The van der Waals surface area contributed by atoms with Crippen LogP contribution in [0.25, 0.3) is 0 Å². The second-order valence-corrected chi connectivity index (χ2v) is 7.75. The molecule has 2 aliphatic rings. The molecule has 3 rings (SSSR count). The molecule has 150 valence electrons. The van der Waals surface area contributed by atoms with E-state index in [1.807, 2.05) is 6.92 Å². The molecule has 3 atom stereocenters. The number of hydrogen-bond acceptors (Lipinski definition) is 5. The van der Waals surface area contributed by atoms with Crippen molar-refractivity contribution in [1.82, 2.24) is 4.90 Å². The van der Waals surface area contributed by atoms with E-state index in [1.54, 1.807) is 18.2 Å². The minimum Gasteiger partial charge on any atom is -0.454 e. The van der Waals surface area contributed by atoms with Gasteiger partial charge in [0.25, 0.3) is 5.91 Å². The third kappa shape index (κ3) is 4.04. The lowest BCUT2D eigenvalue weighted by Crippen LogP contribution is -2.45. The normalized spacial score (nSPS) is 22.6. The molecule has 1 heterocycles. The molecule has 28 heavy (non-hydrogen) atoms. The van der Waals surface area contributed by atoms with E-state index in [9.17, 15) is 19.2 Å². The standard InChI is InChI=1S/C20H23ClN2O5/c1-11-7-8-13(9-16(11)21)22-17(24)10-28-20(27)12(2)23-18(25)14-5-3-4-6-15(14)19(23)26/h7-9,12,14-15H,3-6,10H2,1-2H3,(H,22,24). The van der Waals surface area contributed by atoms with Gasteiger partial charge < -0.3 is 10.1 Å². The molecule has 7 nitrogen and oxygen atoms in total. The summed E-state index contributed by atoms with van der Waals surface area (Å²) >= 11 is 6.01. The molecule has 0 aromatic heterocycles. The van der Waals surface area contributed by atoms with E-state index in [4.69, 9.17) is 16.3 Å². The van der Waals surface area contributed by atoms with Gasteiger partial charge in [-0.2, -0.15) is 0 Å². The molecule has 1 saturated carbocycles. The lowest BCUT2D eigenvalue weighted by molar-refractivity contribution is -0.159. The van der Waals surface area contributed by atoms with Crippen LogP contribution in [0.4, 0.5) is 5.69 Å². The summed E-state index contributed by atoms with van der Waals surface area (Å²) in [6.45, 7) is 2.78. The van der Waals surface area contributed by atoms with Crippen LogP contribution in [0, 0.1) is 18.8 Å². The zero-order chi connectivity index (χ0) is 20.4. The van der Waals surface area contributed by atoms with Crippen molar-refractivity contribution in [1.29, 1.82) is 0 Å². The van der Waals surface area contributed by atoms with Crippen LogP contribution in [0.5, 0.6) is 0 Å². The fourth-order valence-electron chi connectivity index (χ4n) is 3.80. The number of likely N-dealkylation sites (tertiary alicyclic amines) is 1. The largest absolute Gasteiger partial charge is 0.454 e. The van der Waals surface area contributed by atoms with Crippen LogP contribution < -0.4 is 5.32 Å². The average Bonchev–Trinajstić information content (AvgIpc) is 2.93. The summed E-state index contributed by atoms with van der Waals surface area (Å²) in [5, 5.41) is 3.09. The Balaban J connectivity index is 1.55. The van der Waals surface area contributed by atoms with Gasteiger partial charge in [-0.15, -0.1) is 0 Å². The highest BCUT2D eigenvalue weighted by molar-refractivity contribution is 6.31. The van der Waals surface area contributed by atoms with E-state index >= 15 is 0 Å². The number of carbonyl (C=O) groups is 4. The van der Waals surface area contributed by atoms with Crippen molar-refractivity contribution in [2.75, 3.05) is 11.9 Å². The maximum Gasteiger partial charge on any atom is 0.329 e. The fraction of sp³-hybridized carbons (Fsp3) is 0.500. The van der Waals surface area contributed by atoms with Crippen LogP contribution in [0.1, 0.15) is 38.2 Å². The molecule has 0 radical (unpaired) electrons. The van der Waals surface area contributed by atoms with Crippen LogP contribution in [0.2, 0.25) is 5.02 Å². The Morgan fingerprint density at radius 3 is 2.39 bits per heavy atom. The summed E-state index contributed by atoms with van der Waals surface area (Å²) in [4.78, 5) is 50.4. The SMILES string of the molecule is Cc1ccc(NC(=O)COC(=O)C(C)N2C(=O)C3CCCCC3C2=O)cc1Cl. The van der Waals surface area contributed by atoms with Crippen molar-refractivity contribution >= 4 is 41.0 Å². The van der Waals surface area contributed by atoms with Crippen molar-refractivity contribution in [3.05, 3.63) is 28.8 Å².